The Hall–Kier alpha value is -2.54. The maximum Gasteiger partial charge on any atom is 0.332 e. The van der Waals surface area contributed by atoms with Crippen LogP contribution < -0.4 is 22.3 Å². The van der Waals surface area contributed by atoms with Crippen LogP contribution in [0.4, 0.5) is 11.5 Å². The van der Waals surface area contributed by atoms with Crippen molar-refractivity contribution in [3.05, 3.63) is 55.7 Å². The van der Waals surface area contributed by atoms with Gasteiger partial charge in [0.2, 0.25) is 5.91 Å². The number of carbonyl (C=O) groups is 1. The van der Waals surface area contributed by atoms with Crippen molar-refractivity contribution in [3.63, 3.8) is 0 Å². The smallest absolute Gasteiger partial charge is 0.332 e. The molecule has 3 N–H and O–H groups in total. The fourth-order valence-corrected chi connectivity index (χ4v) is 2.43. The van der Waals surface area contributed by atoms with Gasteiger partial charge in [0, 0.05) is 17.5 Å². The van der Waals surface area contributed by atoms with E-state index in [9.17, 15) is 14.4 Å². The van der Waals surface area contributed by atoms with E-state index in [2.05, 4.69) is 5.32 Å². The first-order valence-electron chi connectivity index (χ1n) is 7.94. The van der Waals surface area contributed by atoms with E-state index in [1.807, 2.05) is 0 Å². The summed E-state index contributed by atoms with van der Waals surface area (Å²) in [5.74, 6) is -0.739. The predicted molar refractivity (Wildman–Crippen MR) is 99.1 cm³/mol. The van der Waals surface area contributed by atoms with Crippen molar-refractivity contribution in [1.29, 1.82) is 0 Å². The second-order valence-electron chi connectivity index (χ2n) is 5.95. The summed E-state index contributed by atoms with van der Waals surface area (Å²) in [5, 5.41) is 3.11. The Kier molecular flexibility index (Phi) is 5.69. The van der Waals surface area contributed by atoms with Crippen LogP contribution in [0.25, 0.3) is 0 Å². The second kappa shape index (κ2) is 7.57. The van der Waals surface area contributed by atoms with Gasteiger partial charge in [0.1, 0.15) is 11.5 Å². The molecule has 1 heterocycles. The zero-order valence-electron chi connectivity index (χ0n) is 14.4. The number of rotatable bonds is 5. The summed E-state index contributed by atoms with van der Waals surface area (Å²) in [7, 11) is 0. The Morgan fingerprint density at radius 3 is 2.32 bits per heavy atom. The Bertz CT molecular complexity index is 898. The summed E-state index contributed by atoms with van der Waals surface area (Å²) in [4.78, 5) is 37.1. The van der Waals surface area contributed by atoms with E-state index < -0.39 is 11.2 Å². The molecule has 0 saturated carbocycles. The summed E-state index contributed by atoms with van der Waals surface area (Å²) in [5.41, 5.74) is 5.63. The molecule has 0 aliphatic carbocycles. The van der Waals surface area contributed by atoms with Crippen LogP contribution in [0, 0.1) is 5.92 Å². The Morgan fingerprint density at radius 1 is 1.20 bits per heavy atom. The van der Waals surface area contributed by atoms with Gasteiger partial charge in [-0.15, -0.1) is 0 Å². The summed E-state index contributed by atoms with van der Waals surface area (Å²) in [6.45, 7) is 5.41. The van der Waals surface area contributed by atoms with Gasteiger partial charge < -0.3 is 11.1 Å². The molecule has 2 aromatic rings. The molecule has 1 aromatic heterocycles. The van der Waals surface area contributed by atoms with Crippen LogP contribution in [-0.4, -0.2) is 15.0 Å². The van der Waals surface area contributed by atoms with Crippen molar-refractivity contribution in [2.75, 3.05) is 11.1 Å². The van der Waals surface area contributed by atoms with E-state index in [4.69, 9.17) is 17.3 Å². The van der Waals surface area contributed by atoms with E-state index in [1.54, 1.807) is 45.0 Å². The molecule has 0 unspecified atom stereocenters. The molecular weight excluding hydrogens is 344 g/mol. The van der Waals surface area contributed by atoms with Gasteiger partial charge in [-0.05, 0) is 24.6 Å². The molecule has 2 rings (SSSR count). The molecule has 0 bridgehead atoms. The number of nitrogens with zero attached hydrogens (tertiary/aromatic N) is 2. The highest BCUT2D eigenvalue weighted by Gasteiger charge is 2.19. The number of hydrogen-bond acceptors (Lipinski definition) is 4. The minimum Gasteiger partial charge on any atom is -0.383 e. The first-order valence-corrected chi connectivity index (χ1v) is 8.32. The molecule has 8 heteroatoms. The van der Waals surface area contributed by atoms with Crippen molar-refractivity contribution >= 4 is 29.0 Å². The maximum atomic E-state index is 12.6. The van der Waals surface area contributed by atoms with Gasteiger partial charge in [0.15, 0.2) is 0 Å². The number of hydrogen-bond donors (Lipinski definition) is 2. The highest BCUT2D eigenvalue weighted by molar-refractivity contribution is 6.30. The quantitative estimate of drug-likeness (QED) is 0.846. The number of halogens is 1. The second-order valence-corrected chi connectivity index (χ2v) is 6.39. The van der Waals surface area contributed by atoms with Crippen LogP contribution >= 0.6 is 11.6 Å². The summed E-state index contributed by atoms with van der Waals surface area (Å²) >= 11 is 5.87. The third-order valence-corrected chi connectivity index (χ3v) is 4.06. The summed E-state index contributed by atoms with van der Waals surface area (Å²) in [6, 6.07) is 6.94. The van der Waals surface area contributed by atoms with Crippen LogP contribution in [-0.2, 0) is 17.9 Å². The van der Waals surface area contributed by atoms with E-state index >= 15 is 0 Å². The summed E-state index contributed by atoms with van der Waals surface area (Å²) in [6.07, 6.45) is 0. The summed E-state index contributed by atoms with van der Waals surface area (Å²) < 4.78 is 2.31. The van der Waals surface area contributed by atoms with Gasteiger partial charge in [-0.3, -0.25) is 18.7 Å². The molecule has 0 spiro atoms. The van der Waals surface area contributed by atoms with Crippen LogP contribution in [0.5, 0.6) is 0 Å². The lowest BCUT2D eigenvalue weighted by Crippen LogP contribution is -2.43. The van der Waals surface area contributed by atoms with Crippen LogP contribution in [0.1, 0.15) is 26.3 Å². The first kappa shape index (κ1) is 18.8. The molecule has 1 aromatic carbocycles. The predicted octanol–water partition coefficient (Wildman–Crippen LogP) is 1.91. The van der Waals surface area contributed by atoms with E-state index in [-0.39, 0.29) is 36.4 Å². The van der Waals surface area contributed by atoms with Gasteiger partial charge in [-0.2, -0.15) is 0 Å². The Balaban J connectivity index is 2.58. The average molecular weight is 365 g/mol. The number of aromatic nitrogens is 2. The van der Waals surface area contributed by atoms with Crippen molar-refractivity contribution in [2.45, 2.75) is 33.9 Å². The molecule has 0 atom stereocenters. The minimum atomic E-state index is -0.605. The molecule has 7 nitrogen and oxygen atoms in total. The SMILES string of the molecule is CCn1c(=O)c(NC(=O)C(C)C)c(N)n(Cc2ccc(Cl)cc2)c1=O. The molecule has 134 valence electrons. The number of nitrogens with two attached hydrogens (primary N) is 1. The van der Waals surface area contributed by atoms with Gasteiger partial charge in [-0.1, -0.05) is 37.6 Å². The molecule has 0 aliphatic rings. The largest absolute Gasteiger partial charge is 0.383 e. The van der Waals surface area contributed by atoms with E-state index in [0.717, 1.165) is 10.1 Å². The van der Waals surface area contributed by atoms with Crippen molar-refractivity contribution in [2.24, 2.45) is 5.92 Å². The maximum absolute atomic E-state index is 12.6. The van der Waals surface area contributed by atoms with Crippen LogP contribution in [0.15, 0.2) is 33.9 Å². The van der Waals surface area contributed by atoms with Crippen molar-refractivity contribution < 1.29 is 4.79 Å². The zero-order chi connectivity index (χ0) is 18.7. The third-order valence-electron chi connectivity index (χ3n) is 3.81. The molecular formula is C17H21ClN4O3. The van der Waals surface area contributed by atoms with E-state index in [1.165, 1.54) is 4.57 Å². The monoisotopic (exact) mass is 364 g/mol. The fourth-order valence-electron chi connectivity index (χ4n) is 2.30. The Morgan fingerprint density at radius 2 is 1.80 bits per heavy atom. The fraction of sp³-hybridized carbons (Fsp3) is 0.353. The number of benzene rings is 1. The first-order chi connectivity index (χ1) is 11.8. The molecule has 25 heavy (non-hydrogen) atoms. The van der Waals surface area contributed by atoms with Crippen molar-refractivity contribution in [3.8, 4) is 0 Å². The molecule has 0 fully saturated rings. The molecule has 0 aliphatic heterocycles. The number of carbonyl (C=O) groups excluding carboxylic acids is 1. The lowest BCUT2D eigenvalue weighted by molar-refractivity contribution is -0.118. The van der Waals surface area contributed by atoms with Gasteiger partial charge in [-0.25, -0.2) is 4.79 Å². The number of amides is 1. The number of nitrogen functional groups attached to an aromatic ring is 1. The third kappa shape index (κ3) is 3.93. The topological polar surface area (TPSA) is 99.1 Å². The normalized spacial score (nSPS) is 10.9. The standard InChI is InChI=1S/C17H21ClN4O3/c1-4-21-16(24)13(20-15(23)10(2)3)14(19)22(17(21)25)9-11-5-7-12(18)8-6-11/h5-8,10H,4,9,19H2,1-3H3,(H,20,23). The average Bonchev–Trinajstić information content (AvgIpc) is 2.57. The number of nitrogens with one attached hydrogen (secondary N) is 1. The Labute approximate surface area is 150 Å². The molecule has 0 saturated heterocycles. The van der Waals surface area contributed by atoms with Gasteiger partial charge in [0.05, 0.1) is 6.54 Å². The van der Waals surface area contributed by atoms with Crippen LogP contribution in [0.3, 0.4) is 0 Å². The number of anilines is 2. The van der Waals surface area contributed by atoms with Crippen molar-refractivity contribution in [1.82, 2.24) is 9.13 Å². The van der Waals surface area contributed by atoms with Crippen LogP contribution in [0.2, 0.25) is 5.02 Å². The molecule has 1 amide bonds. The zero-order valence-corrected chi connectivity index (χ0v) is 15.1. The lowest BCUT2D eigenvalue weighted by atomic mass is 10.2. The highest BCUT2D eigenvalue weighted by atomic mass is 35.5. The van der Waals surface area contributed by atoms with E-state index in [0.29, 0.717) is 5.02 Å². The van der Waals surface area contributed by atoms with Gasteiger partial charge >= 0.3 is 5.69 Å². The lowest BCUT2D eigenvalue weighted by Gasteiger charge is -2.17. The molecule has 0 radical (unpaired) electrons. The minimum absolute atomic E-state index is 0.0661. The van der Waals surface area contributed by atoms with Gasteiger partial charge in [0.25, 0.3) is 5.56 Å². The highest BCUT2D eigenvalue weighted by Crippen LogP contribution is 2.15.